The van der Waals surface area contributed by atoms with Gasteiger partial charge in [-0.2, -0.15) is 0 Å². The van der Waals surface area contributed by atoms with Crippen molar-refractivity contribution in [1.29, 1.82) is 0 Å². The van der Waals surface area contributed by atoms with Crippen LogP contribution >= 0.6 is 0 Å². The van der Waals surface area contributed by atoms with E-state index in [0.29, 0.717) is 5.56 Å². The molecule has 1 amide bonds. The molecule has 0 saturated heterocycles. The Morgan fingerprint density at radius 2 is 1.70 bits per heavy atom. The van der Waals surface area contributed by atoms with Gasteiger partial charge in [0.1, 0.15) is 0 Å². The van der Waals surface area contributed by atoms with Gasteiger partial charge in [-0.05, 0) is 30.2 Å². The van der Waals surface area contributed by atoms with Crippen LogP contribution < -0.4 is 0 Å². The summed E-state index contributed by atoms with van der Waals surface area (Å²) in [7, 11) is 0. The number of carbonyl (C=O) groups is 1. The van der Waals surface area contributed by atoms with Crippen LogP contribution in [0.3, 0.4) is 0 Å². The maximum absolute atomic E-state index is 12.4. The summed E-state index contributed by atoms with van der Waals surface area (Å²) in [5, 5.41) is 1.19. The maximum atomic E-state index is 12.4. The lowest BCUT2D eigenvalue weighted by Crippen LogP contribution is -2.20. The molecule has 1 aliphatic rings. The summed E-state index contributed by atoms with van der Waals surface area (Å²) in [6, 6.07) is 16.0. The van der Waals surface area contributed by atoms with Gasteiger partial charge in [-0.1, -0.05) is 42.5 Å². The number of aromatic amines is 1. The van der Waals surface area contributed by atoms with Gasteiger partial charge >= 0.3 is 0 Å². The monoisotopic (exact) mass is 300 g/mol. The Bertz CT molecular complexity index is 904. The van der Waals surface area contributed by atoms with Crippen molar-refractivity contribution in [3.63, 3.8) is 0 Å². The highest BCUT2D eigenvalue weighted by Gasteiger charge is 2.13. The van der Waals surface area contributed by atoms with Gasteiger partial charge in [-0.15, -0.1) is 0 Å². The van der Waals surface area contributed by atoms with E-state index in [9.17, 15) is 4.79 Å². The lowest BCUT2D eigenvalue weighted by molar-refractivity contribution is 0.0868. The summed E-state index contributed by atoms with van der Waals surface area (Å²) in [4.78, 5) is 17.3. The van der Waals surface area contributed by atoms with Gasteiger partial charge in [0.25, 0.3) is 5.91 Å². The summed E-state index contributed by atoms with van der Waals surface area (Å²) in [6.45, 7) is 0. The van der Waals surface area contributed by atoms with Crippen LogP contribution in [0.4, 0.5) is 0 Å². The number of rotatable bonds is 2. The van der Waals surface area contributed by atoms with Crippen LogP contribution in [-0.4, -0.2) is 15.8 Å². The molecule has 0 radical (unpaired) electrons. The minimum absolute atomic E-state index is 0.0114. The number of benzene rings is 2. The number of carbonyl (C=O) groups excluding carboxylic acids is 1. The van der Waals surface area contributed by atoms with E-state index in [1.807, 2.05) is 67.1 Å². The van der Waals surface area contributed by atoms with E-state index in [1.54, 1.807) is 4.90 Å². The third-order valence-electron chi connectivity index (χ3n) is 4.07. The molecule has 3 heteroatoms. The third-order valence-corrected chi connectivity index (χ3v) is 4.07. The second-order valence-corrected chi connectivity index (χ2v) is 5.54. The van der Waals surface area contributed by atoms with Gasteiger partial charge in [0.2, 0.25) is 0 Å². The lowest BCUT2D eigenvalue weighted by Gasteiger charge is -2.16. The van der Waals surface area contributed by atoms with Crippen LogP contribution in [0.5, 0.6) is 0 Å². The van der Waals surface area contributed by atoms with Crippen LogP contribution in [0.2, 0.25) is 0 Å². The van der Waals surface area contributed by atoms with E-state index >= 15 is 0 Å². The Hall–Kier alpha value is -3.07. The molecule has 1 aromatic heterocycles. The van der Waals surface area contributed by atoms with Gasteiger partial charge in [-0.3, -0.25) is 9.69 Å². The van der Waals surface area contributed by atoms with E-state index < -0.39 is 0 Å². The Labute approximate surface area is 134 Å². The molecule has 23 heavy (non-hydrogen) atoms. The fourth-order valence-electron chi connectivity index (χ4n) is 2.86. The Kier molecular flexibility index (Phi) is 3.31. The number of nitrogens with zero attached hydrogens (tertiary/aromatic N) is 1. The average Bonchev–Trinajstić information content (AvgIpc) is 3.06. The van der Waals surface area contributed by atoms with Crippen molar-refractivity contribution in [1.82, 2.24) is 9.88 Å². The molecule has 112 valence electrons. The van der Waals surface area contributed by atoms with Gasteiger partial charge in [0, 0.05) is 40.6 Å². The van der Waals surface area contributed by atoms with Crippen molar-refractivity contribution in [3.05, 3.63) is 84.8 Å². The van der Waals surface area contributed by atoms with Crippen LogP contribution in [0.25, 0.3) is 22.0 Å². The van der Waals surface area contributed by atoms with Crippen molar-refractivity contribution < 1.29 is 4.79 Å². The van der Waals surface area contributed by atoms with E-state index in [-0.39, 0.29) is 5.91 Å². The molecule has 0 saturated carbocycles. The quantitative estimate of drug-likeness (QED) is 0.731. The topological polar surface area (TPSA) is 36.1 Å². The molecule has 4 rings (SSSR count). The summed E-state index contributed by atoms with van der Waals surface area (Å²) in [5.41, 5.74) is 4.05. The van der Waals surface area contributed by atoms with Crippen molar-refractivity contribution in [2.24, 2.45) is 0 Å². The van der Waals surface area contributed by atoms with Crippen LogP contribution in [-0.2, 0) is 0 Å². The minimum atomic E-state index is -0.0114. The predicted octanol–water partition coefficient (Wildman–Crippen LogP) is 4.71. The van der Waals surface area contributed by atoms with Crippen molar-refractivity contribution in [2.75, 3.05) is 0 Å². The van der Waals surface area contributed by atoms with Crippen LogP contribution in [0, 0.1) is 0 Å². The number of amides is 1. The number of aromatic nitrogens is 1. The fraction of sp³-hybridized carbons (Fsp3) is 0.0500. The number of nitrogens with one attached hydrogen (secondary N) is 1. The molecule has 3 nitrogen and oxygen atoms in total. The molecule has 0 atom stereocenters. The Balaban J connectivity index is 1.65. The Morgan fingerprint density at radius 1 is 0.957 bits per heavy atom. The largest absolute Gasteiger partial charge is 0.361 e. The van der Waals surface area contributed by atoms with E-state index in [0.717, 1.165) is 23.1 Å². The maximum Gasteiger partial charge on any atom is 0.261 e. The molecule has 2 aromatic carbocycles. The summed E-state index contributed by atoms with van der Waals surface area (Å²) in [6.07, 6.45) is 10.5. The summed E-state index contributed by atoms with van der Waals surface area (Å²) < 4.78 is 0. The molecular formula is C20H16N2O. The number of fused-ring (bicyclic) bond motifs is 1. The van der Waals surface area contributed by atoms with Crippen molar-refractivity contribution in [3.8, 4) is 11.1 Å². The second-order valence-electron chi connectivity index (χ2n) is 5.54. The number of hydrogen-bond donors (Lipinski definition) is 1. The molecule has 0 bridgehead atoms. The minimum Gasteiger partial charge on any atom is -0.361 e. The van der Waals surface area contributed by atoms with E-state index in [4.69, 9.17) is 0 Å². The highest BCUT2D eigenvalue weighted by molar-refractivity contribution is 5.98. The second kappa shape index (κ2) is 5.61. The number of hydrogen-bond acceptors (Lipinski definition) is 1. The van der Waals surface area contributed by atoms with Crippen LogP contribution in [0.15, 0.2) is 79.3 Å². The van der Waals surface area contributed by atoms with E-state index in [1.165, 1.54) is 5.39 Å². The fourth-order valence-corrected chi connectivity index (χ4v) is 2.86. The zero-order valence-corrected chi connectivity index (χ0v) is 12.6. The summed E-state index contributed by atoms with van der Waals surface area (Å²) >= 11 is 0. The molecule has 3 aromatic rings. The highest BCUT2D eigenvalue weighted by atomic mass is 16.2. The SMILES string of the molecule is O=C(c1ccc(-c2c[nH]c3ccccc23)cc1)N1C=CCC=C1. The molecule has 2 heterocycles. The number of H-pyrrole nitrogens is 1. The third kappa shape index (κ3) is 2.46. The zero-order valence-electron chi connectivity index (χ0n) is 12.6. The molecule has 0 spiro atoms. The number of allylic oxidation sites excluding steroid dienone is 2. The van der Waals surface area contributed by atoms with Crippen molar-refractivity contribution >= 4 is 16.8 Å². The van der Waals surface area contributed by atoms with Crippen LogP contribution in [0.1, 0.15) is 16.8 Å². The first-order chi connectivity index (χ1) is 11.3. The molecule has 0 fully saturated rings. The molecule has 0 aliphatic carbocycles. The summed E-state index contributed by atoms with van der Waals surface area (Å²) in [5.74, 6) is -0.0114. The molecule has 0 unspecified atom stereocenters. The van der Waals surface area contributed by atoms with Gasteiger partial charge in [0.05, 0.1) is 0 Å². The average molecular weight is 300 g/mol. The Morgan fingerprint density at radius 3 is 2.48 bits per heavy atom. The van der Waals surface area contributed by atoms with Gasteiger partial charge < -0.3 is 4.98 Å². The van der Waals surface area contributed by atoms with Gasteiger partial charge in [0.15, 0.2) is 0 Å². The standard InChI is InChI=1S/C20H16N2O/c23-20(22-12-4-1-5-13-22)16-10-8-15(9-11-16)18-14-21-19-7-3-2-6-17(18)19/h2-14,21H,1H2. The lowest BCUT2D eigenvalue weighted by atomic mass is 10.0. The highest BCUT2D eigenvalue weighted by Crippen LogP contribution is 2.28. The van der Waals surface area contributed by atoms with E-state index in [2.05, 4.69) is 17.1 Å². The first-order valence-electron chi connectivity index (χ1n) is 7.65. The molecular weight excluding hydrogens is 284 g/mol. The zero-order chi connectivity index (χ0) is 15.6. The molecule has 1 aliphatic heterocycles. The normalized spacial score (nSPS) is 13.7. The van der Waals surface area contributed by atoms with Crippen molar-refractivity contribution in [2.45, 2.75) is 6.42 Å². The predicted molar refractivity (Wildman–Crippen MR) is 92.8 cm³/mol. The van der Waals surface area contributed by atoms with Gasteiger partial charge in [-0.25, -0.2) is 0 Å². The molecule has 1 N–H and O–H groups in total. The number of para-hydroxylation sites is 1. The first kappa shape index (κ1) is 13.6. The first-order valence-corrected chi connectivity index (χ1v) is 7.65. The smallest absolute Gasteiger partial charge is 0.261 e.